The van der Waals surface area contributed by atoms with E-state index in [1.165, 1.54) is 12.1 Å². The third-order valence-corrected chi connectivity index (χ3v) is 3.29. The Kier molecular flexibility index (Phi) is 5.56. The van der Waals surface area contributed by atoms with E-state index in [2.05, 4.69) is 54.1 Å². The lowest BCUT2D eigenvalue weighted by molar-refractivity contribution is 0.334. The summed E-state index contributed by atoms with van der Waals surface area (Å²) in [5.41, 5.74) is 1.08. The maximum Gasteiger partial charge on any atom is 0.124 e. The maximum absolute atomic E-state index is 13.0. The molecule has 0 aromatic heterocycles. The number of nitrogens with zero attached hydrogens (tertiary/aromatic N) is 1. The van der Waals surface area contributed by atoms with Crippen molar-refractivity contribution in [2.24, 2.45) is 0 Å². The fourth-order valence-electron chi connectivity index (χ4n) is 1.97. The van der Waals surface area contributed by atoms with Gasteiger partial charge in [0.05, 0.1) is 0 Å². The van der Waals surface area contributed by atoms with Crippen LogP contribution < -0.4 is 5.32 Å². The molecule has 2 unspecified atom stereocenters. The molecule has 96 valence electrons. The van der Waals surface area contributed by atoms with E-state index in [-0.39, 0.29) is 11.9 Å². The molecule has 1 rings (SSSR count). The second-order valence-corrected chi connectivity index (χ2v) is 5.57. The first-order valence-corrected chi connectivity index (χ1v) is 6.55. The molecule has 17 heavy (non-hydrogen) atoms. The molecule has 2 atom stereocenters. The highest BCUT2D eigenvalue weighted by atomic mass is 79.9. The van der Waals surface area contributed by atoms with Gasteiger partial charge in [0.1, 0.15) is 5.82 Å². The van der Waals surface area contributed by atoms with Crippen LogP contribution in [0.5, 0.6) is 0 Å². The van der Waals surface area contributed by atoms with Crippen molar-refractivity contribution in [2.45, 2.75) is 25.9 Å². The largest absolute Gasteiger partial charge is 0.308 e. The van der Waals surface area contributed by atoms with Crippen molar-refractivity contribution in [2.75, 3.05) is 20.6 Å². The zero-order valence-corrected chi connectivity index (χ0v) is 12.4. The van der Waals surface area contributed by atoms with Gasteiger partial charge in [-0.15, -0.1) is 0 Å². The van der Waals surface area contributed by atoms with Gasteiger partial charge in [0.2, 0.25) is 0 Å². The van der Waals surface area contributed by atoms with Gasteiger partial charge in [-0.05, 0) is 45.6 Å². The van der Waals surface area contributed by atoms with Gasteiger partial charge in [0.25, 0.3) is 0 Å². The first kappa shape index (κ1) is 14.6. The molecule has 0 aliphatic carbocycles. The van der Waals surface area contributed by atoms with Crippen molar-refractivity contribution >= 4 is 15.9 Å². The normalized spacial score (nSPS) is 15.0. The molecule has 0 saturated carbocycles. The Hall–Kier alpha value is -0.450. The van der Waals surface area contributed by atoms with Gasteiger partial charge < -0.3 is 10.2 Å². The van der Waals surface area contributed by atoms with E-state index in [1.807, 2.05) is 6.07 Å². The first-order chi connectivity index (χ1) is 7.90. The van der Waals surface area contributed by atoms with Crippen molar-refractivity contribution < 1.29 is 4.39 Å². The Morgan fingerprint density at radius 3 is 2.53 bits per heavy atom. The van der Waals surface area contributed by atoms with E-state index in [0.717, 1.165) is 16.6 Å². The Balaban J connectivity index is 2.66. The van der Waals surface area contributed by atoms with Gasteiger partial charge in [0, 0.05) is 23.1 Å². The number of benzene rings is 1. The van der Waals surface area contributed by atoms with Gasteiger partial charge in [-0.2, -0.15) is 0 Å². The molecule has 1 aromatic carbocycles. The quantitative estimate of drug-likeness (QED) is 0.898. The summed E-state index contributed by atoms with van der Waals surface area (Å²) in [6.07, 6.45) is 0. The third kappa shape index (κ3) is 4.74. The molecule has 0 saturated heterocycles. The maximum atomic E-state index is 13.0. The van der Waals surface area contributed by atoms with Gasteiger partial charge in [-0.25, -0.2) is 4.39 Å². The average molecular weight is 303 g/mol. The molecular weight excluding hydrogens is 283 g/mol. The Morgan fingerprint density at radius 1 is 1.35 bits per heavy atom. The predicted octanol–water partition coefficient (Wildman–Crippen LogP) is 3.19. The van der Waals surface area contributed by atoms with Crippen molar-refractivity contribution in [3.63, 3.8) is 0 Å². The molecule has 0 bridgehead atoms. The van der Waals surface area contributed by atoms with Gasteiger partial charge in [-0.3, -0.25) is 0 Å². The first-order valence-electron chi connectivity index (χ1n) is 5.76. The van der Waals surface area contributed by atoms with Gasteiger partial charge in [-0.1, -0.05) is 22.0 Å². The van der Waals surface area contributed by atoms with Crippen molar-refractivity contribution in [1.29, 1.82) is 0 Å². The Morgan fingerprint density at radius 2 is 2.00 bits per heavy atom. The summed E-state index contributed by atoms with van der Waals surface area (Å²) in [5.74, 6) is -0.214. The van der Waals surface area contributed by atoms with Gasteiger partial charge >= 0.3 is 0 Å². The fraction of sp³-hybridized carbons (Fsp3) is 0.538. The van der Waals surface area contributed by atoms with Crippen LogP contribution in [0, 0.1) is 5.82 Å². The van der Waals surface area contributed by atoms with Crippen LogP contribution in [0.4, 0.5) is 4.39 Å². The zero-order chi connectivity index (χ0) is 13.0. The fourth-order valence-corrected chi connectivity index (χ4v) is 2.66. The molecule has 0 radical (unpaired) electrons. The summed E-state index contributed by atoms with van der Waals surface area (Å²) >= 11 is 3.40. The lowest BCUT2D eigenvalue weighted by Crippen LogP contribution is -2.37. The van der Waals surface area contributed by atoms with E-state index in [9.17, 15) is 4.39 Å². The molecule has 0 aliphatic heterocycles. The topological polar surface area (TPSA) is 15.3 Å². The van der Waals surface area contributed by atoms with Crippen molar-refractivity contribution in [3.05, 3.63) is 34.1 Å². The van der Waals surface area contributed by atoms with Crippen LogP contribution in [-0.4, -0.2) is 31.6 Å². The molecule has 0 amide bonds. The van der Waals surface area contributed by atoms with E-state index in [1.54, 1.807) is 0 Å². The molecule has 0 heterocycles. The molecule has 4 heteroatoms. The van der Waals surface area contributed by atoms with Gasteiger partial charge in [0.15, 0.2) is 0 Å². The van der Waals surface area contributed by atoms with Crippen LogP contribution in [0.1, 0.15) is 25.5 Å². The minimum atomic E-state index is -0.214. The van der Waals surface area contributed by atoms with E-state index in [0.29, 0.717) is 6.04 Å². The standard InChI is InChI=1S/C13H20BrFN2/c1-9(8-17(3)4)16-10(2)12-6-5-11(15)7-13(12)14/h5-7,9-10,16H,8H2,1-4H3. The molecular formula is C13H20BrFN2. The number of nitrogens with one attached hydrogen (secondary N) is 1. The molecule has 0 aliphatic rings. The van der Waals surface area contributed by atoms with Crippen LogP contribution in [0.25, 0.3) is 0 Å². The van der Waals surface area contributed by atoms with E-state index >= 15 is 0 Å². The highest BCUT2D eigenvalue weighted by Crippen LogP contribution is 2.24. The number of halogens is 2. The lowest BCUT2D eigenvalue weighted by Gasteiger charge is -2.23. The Bertz CT molecular complexity index is 368. The smallest absolute Gasteiger partial charge is 0.124 e. The second-order valence-electron chi connectivity index (χ2n) is 4.72. The molecule has 0 fully saturated rings. The monoisotopic (exact) mass is 302 g/mol. The van der Waals surface area contributed by atoms with E-state index < -0.39 is 0 Å². The minimum Gasteiger partial charge on any atom is -0.308 e. The summed E-state index contributed by atoms with van der Waals surface area (Å²) in [7, 11) is 4.10. The molecule has 1 N–H and O–H groups in total. The highest BCUT2D eigenvalue weighted by molar-refractivity contribution is 9.10. The number of likely N-dealkylation sites (N-methyl/N-ethyl adjacent to an activating group) is 1. The summed E-state index contributed by atoms with van der Waals surface area (Å²) in [5, 5.41) is 3.49. The molecule has 0 spiro atoms. The average Bonchev–Trinajstić information content (AvgIpc) is 2.15. The number of hydrogen-bond donors (Lipinski definition) is 1. The summed E-state index contributed by atoms with van der Waals surface area (Å²) in [6.45, 7) is 5.21. The van der Waals surface area contributed by atoms with Crippen LogP contribution in [0.2, 0.25) is 0 Å². The van der Waals surface area contributed by atoms with Crippen molar-refractivity contribution in [3.8, 4) is 0 Å². The SMILES string of the molecule is CC(CN(C)C)NC(C)c1ccc(F)cc1Br. The predicted molar refractivity (Wildman–Crippen MR) is 73.7 cm³/mol. The second kappa shape index (κ2) is 6.47. The van der Waals surface area contributed by atoms with Crippen LogP contribution in [0.3, 0.4) is 0 Å². The molecule has 1 aromatic rings. The molecule has 2 nitrogen and oxygen atoms in total. The summed E-state index contributed by atoms with van der Waals surface area (Å²) < 4.78 is 13.8. The minimum absolute atomic E-state index is 0.194. The lowest BCUT2D eigenvalue weighted by atomic mass is 10.1. The number of rotatable bonds is 5. The third-order valence-electron chi connectivity index (χ3n) is 2.60. The summed E-state index contributed by atoms with van der Waals surface area (Å²) in [6, 6.07) is 5.40. The summed E-state index contributed by atoms with van der Waals surface area (Å²) in [4.78, 5) is 2.14. The zero-order valence-electron chi connectivity index (χ0n) is 10.8. The van der Waals surface area contributed by atoms with Crippen LogP contribution in [-0.2, 0) is 0 Å². The van der Waals surface area contributed by atoms with Crippen LogP contribution >= 0.6 is 15.9 Å². The number of hydrogen-bond acceptors (Lipinski definition) is 2. The van der Waals surface area contributed by atoms with Crippen molar-refractivity contribution in [1.82, 2.24) is 10.2 Å². The van der Waals surface area contributed by atoms with Crippen LogP contribution in [0.15, 0.2) is 22.7 Å². The highest BCUT2D eigenvalue weighted by Gasteiger charge is 2.13. The Labute approximate surface area is 111 Å². The van der Waals surface area contributed by atoms with E-state index in [4.69, 9.17) is 0 Å².